The Morgan fingerprint density at radius 1 is 1.17 bits per heavy atom. The smallest absolute Gasteiger partial charge is 0.362 e. The second-order valence-corrected chi connectivity index (χ2v) is 6.43. The van der Waals surface area contributed by atoms with Gasteiger partial charge in [0.1, 0.15) is 12.4 Å². The van der Waals surface area contributed by atoms with Gasteiger partial charge in [-0.2, -0.15) is 0 Å². The highest BCUT2D eigenvalue weighted by molar-refractivity contribution is 7.10. The maximum atomic E-state index is 12.1. The van der Waals surface area contributed by atoms with E-state index in [4.69, 9.17) is 9.47 Å². The summed E-state index contributed by atoms with van der Waals surface area (Å²) in [5, 5.41) is 6.52. The standard InChI is InChI=1S/C20H18N4O4S/c1-2-27-20(26)18-19(29-24-23-18)22-17(25)11-8-14-6-9-16(10-7-14)28-13-15-5-3-4-12-21-15/h3-12H,2,13H2,1H3,(H,22,25)/b11-8+. The van der Waals surface area contributed by atoms with Crippen molar-refractivity contribution in [3.05, 3.63) is 71.7 Å². The molecular weight excluding hydrogens is 392 g/mol. The third-order valence-electron chi connectivity index (χ3n) is 3.61. The number of esters is 1. The molecule has 29 heavy (non-hydrogen) atoms. The van der Waals surface area contributed by atoms with Gasteiger partial charge in [0.2, 0.25) is 11.6 Å². The van der Waals surface area contributed by atoms with Crippen molar-refractivity contribution >= 4 is 34.5 Å². The van der Waals surface area contributed by atoms with Gasteiger partial charge in [-0.25, -0.2) is 4.79 Å². The maximum absolute atomic E-state index is 12.1. The number of carbonyl (C=O) groups excluding carboxylic acids is 2. The molecule has 3 rings (SSSR count). The van der Waals surface area contributed by atoms with Gasteiger partial charge in [0.05, 0.1) is 12.3 Å². The van der Waals surface area contributed by atoms with Crippen LogP contribution in [0.1, 0.15) is 28.7 Å². The second kappa shape index (κ2) is 10.1. The molecule has 3 aromatic rings. The van der Waals surface area contributed by atoms with Crippen molar-refractivity contribution in [1.82, 2.24) is 14.6 Å². The van der Waals surface area contributed by atoms with E-state index in [9.17, 15) is 9.59 Å². The summed E-state index contributed by atoms with van der Waals surface area (Å²) >= 11 is 0.910. The van der Waals surface area contributed by atoms with Gasteiger partial charge in [0.15, 0.2) is 5.00 Å². The van der Waals surface area contributed by atoms with Crippen molar-refractivity contribution in [1.29, 1.82) is 0 Å². The average molecular weight is 410 g/mol. The first kappa shape index (κ1) is 20.2. The molecule has 0 aliphatic rings. The molecule has 0 spiro atoms. The summed E-state index contributed by atoms with van der Waals surface area (Å²) in [5.41, 5.74) is 1.65. The zero-order valence-electron chi connectivity index (χ0n) is 15.6. The number of rotatable bonds is 8. The minimum absolute atomic E-state index is 0.00647. The minimum Gasteiger partial charge on any atom is -0.487 e. The predicted octanol–water partition coefficient (Wildman–Crippen LogP) is 3.34. The van der Waals surface area contributed by atoms with E-state index in [1.54, 1.807) is 19.2 Å². The normalized spacial score (nSPS) is 10.7. The molecule has 0 aliphatic carbocycles. The number of hydrogen-bond acceptors (Lipinski definition) is 8. The third-order valence-corrected chi connectivity index (χ3v) is 4.25. The summed E-state index contributed by atoms with van der Waals surface area (Å²) in [6, 6.07) is 12.9. The lowest BCUT2D eigenvalue weighted by atomic mass is 10.2. The highest BCUT2D eigenvalue weighted by Crippen LogP contribution is 2.19. The van der Waals surface area contributed by atoms with Crippen molar-refractivity contribution in [3.8, 4) is 5.75 Å². The highest BCUT2D eigenvalue weighted by Gasteiger charge is 2.18. The Bertz CT molecular complexity index is 987. The van der Waals surface area contributed by atoms with Crippen LogP contribution in [-0.4, -0.2) is 33.1 Å². The number of ether oxygens (including phenoxy) is 2. The summed E-state index contributed by atoms with van der Waals surface area (Å²) < 4.78 is 14.2. The molecule has 9 heteroatoms. The predicted molar refractivity (Wildman–Crippen MR) is 109 cm³/mol. The molecule has 2 aromatic heterocycles. The summed E-state index contributed by atoms with van der Waals surface area (Å²) in [6.07, 6.45) is 4.73. The van der Waals surface area contributed by atoms with E-state index in [1.165, 1.54) is 6.08 Å². The first-order valence-corrected chi connectivity index (χ1v) is 9.54. The lowest BCUT2D eigenvalue weighted by molar-refractivity contribution is -0.111. The molecule has 1 aromatic carbocycles. The molecule has 1 amide bonds. The van der Waals surface area contributed by atoms with E-state index >= 15 is 0 Å². The first-order chi connectivity index (χ1) is 14.2. The van der Waals surface area contributed by atoms with Crippen LogP contribution in [0.2, 0.25) is 0 Å². The number of anilines is 1. The van der Waals surface area contributed by atoms with Gasteiger partial charge in [0.25, 0.3) is 0 Å². The summed E-state index contributed by atoms with van der Waals surface area (Å²) in [6.45, 7) is 2.28. The van der Waals surface area contributed by atoms with Crippen molar-refractivity contribution in [2.75, 3.05) is 11.9 Å². The van der Waals surface area contributed by atoms with Crippen LogP contribution in [0.15, 0.2) is 54.7 Å². The Morgan fingerprint density at radius 2 is 2.00 bits per heavy atom. The molecular formula is C20H18N4O4S. The van der Waals surface area contributed by atoms with Gasteiger partial charge < -0.3 is 14.8 Å². The van der Waals surface area contributed by atoms with Crippen LogP contribution in [0, 0.1) is 0 Å². The van der Waals surface area contributed by atoms with E-state index in [2.05, 4.69) is 19.9 Å². The monoisotopic (exact) mass is 410 g/mol. The number of carbonyl (C=O) groups is 2. The first-order valence-electron chi connectivity index (χ1n) is 8.77. The number of hydrogen-bond donors (Lipinski definition) is 1. The van der Waals surface area contributed by atoms with Gasteiger partial charge in [0, 0.05) is 23.8 Å². The van der Waals surface area contributed by atoms with Crippen LogP contribution in [0.25, 0.3) is 6.08 Å². The summed E-state index contributed by atoms with van der Waals surface area (Å²) in [5.74, 6) is -0.328. The third kappa shape index (κ3) is 5.94. The van der Waals surface area contributed by atoms with Gasteiger partial charge in [-0.1, -0.05) is 22.7 Å². The minimum atomic E-state index is -0.623. The average Bonchev–Trinajstić information content (AvgIpc) is 3.20. The fraction of sp³-hybridized carbons (Fsp3) is 0.150. The van der Waals surface area contributed by atoms with E-state index in [-0.39, 0.29) is 17.3 Å². The zero-order chi connectivity index (χ0) is 20.5. The van der Waals surface area contributed by atoms with Crippen molar-refractivity contribution in [2.45, 2.75) is 13.5 Å². The number of nitrogens with one attached hydrogen (secondary N) is 1. The van der Waals surface area contributed by atoms with E-state index < -0.39 is 11.9 Å². The lowest BCUT2D eigenvalue weighted by Crippen LogP contribution is -2.12. The van der Waals surface area contributed by atoms with Crippen LogP contribution in [0.4, 0.5) is 5.00 Å². The molecule has 0 aliphatic heterocycles. The molecule has 2 heterocycles. The number of benzene rings is 1. The van der Waals surface area contributed by atoms with Gasteiger partial charge in [-0.05, 0) is 42.8 Å². The molecule has 8 nitrogen and oxygen atoms in total. The zero-order valence-corrected chi connectivity index (χ0v) is 16.4. The number of aromatic nitrogens is 3. The quantitative estimate of drug-likeness (QED) is 0.449. The molecule has 0 bridgehead atoms. The molecule has 1 N–H and O–H groups in total. The summed E-state index contributed by atoms with van der Waals surface area (Å²) in [4.78, 5) is 28.1. The van der Waals surface area contributed by atoms with Gasteiger partial charge >= 0.3 is 5.97 Å². The molecule has 148 valence electrons. The van der Waals surface area contributed by atoms with E-state index in [0.717, 1.165) is 22.8 Å². The lowest BCUT2D eigenvalue weighted by Gasteiger charge is -2.05. The largest absolute Gasteiger partial charge is 0.487 e. The number of nitrogens with zero attached hydrogens (tertiary/aromatic N) is 3. The fourth-order valence-electron chi connectivity index (χ4n) is 2.25. The molecule has 0 atom stereocenters. The van der Waals surface area contributed by atoms with Crippen LogP contribution in [0.3, 0.4) is 0 Å². The van der Waals surface area contributed by atoms with E-state index in [0.29, 0.717) is 12.4 Å². The number of amides is 1. The molecule has 0 fully saturated rings. The molecule has 0 unspecified atom stereocenters. The second-order valence-electron chi connectivity index (χ2n) is 5.67. The Morgan fingerprint density at radius 3 is 2.72 bits per heavy atom. The summed E-state index contributed by atoms with van der Waals surface area (Å²) in [7, 11) is 0. The van der Waals surface area contributed by atoms with Crippen LogP contribution >= 0.6 is 11.5 Å². The fourth-order valence-corrected chi connectivity index (χ4v) is 2.81. The van der Waals surface area contributed by atoms with Gasteiger partial charge in [-0.15, -0.1) is 5.10 Å². The Balaban J connectivity index is 1.54. The maximum Gasteiger partial charge on any atom is 0.362 e. The topological polar surface area (TPSA) is 103 Å². The molecule has 0 radical (unpaired) electrons. The van der Waals surface area contributed by atoms with E-state index in [1.807, 2.05) is 42.5 Å². The Kier molecular flexibility index (Phi) is 7.01. The van der Waals surface area contributed by atoms with Gasteiger partial charge in [-0.3, -0.25) is 9.78 Å². The van der Waals surface area contributed by atoms with Crippen molar-refractivity contribution in [2.24, 2.45) is 0 Å². The Labute approximate surface area is 171 Å². The molecule has 0 saturated heterocycles. The molecule has 0 saturated carbocycles. The SMILES string of the molecule is CCOC(=O)c1nnsc1NC(=O)/C=C/c1ccc(OCc2ccccn2)cc1. The van der Waals surface area contributed by atoms with Crippen molar-refractivity contribution < 1.29 is 19.1 Å². The van der Waals surface area contributed by atoms with Crippen LogP contribution in [0.5, 0.6) is 5.75 Å². The number of pyridine rings is 1. The Hall–Kier alpha value is -3.59. The van der Waals surface area contributed by atoms with Crippen molar-refractivity contribution in [3.63, 3.8) is 0 Å². The highest BCUT2D eigenvalue weighted by atomic mass is 32.1. The van der Waals surface area contributed by atoms with Crippen LogP contribution in [-0.2, 0) is 16.1 Å². The van der Waals surface area contributed by atoms with Crippen LogP contribution < -0.4 is 10.1 Å².